The molecule has 2 aromatic heterocycles. The summed E-state index contributed by atoms with van der Waals surface area (Å²) in [4.78, 5) is 9.41. The first-order chi connectivity index (χ1) is 7.72. The van der Waals surface area contributed by atoms with E-state index in [1.807, 2.05) is 32.0 Å². The van der Waals surface area contributed by atoms with Crippen molar-refractivity contribution >= 4 is 11.3 Å². The molecule has 16 heavy (non-hydrogen) atoms. The van der Waals surface area contributed by atoms with Crippen LogP contribution in [0.5, 0.6) is 0 Å². The van der Waals surface area contributed by atoms with E-state index in [9.17, 15) is 0 Å². The van der Waals surface area contributed by atoms with Crippen LogP contribution in [-0.4, -0.2) is 9.97 Å². The quantitative estimate of drug-likeness (QED) is 0.794. The molecule has 0 aromatic carbocycles. The van der Waals surface area contributed by atoms with E-state index in [0.29, 0.717) is 4.88 Å². The normalized spacial score (nSPS) is 10.4. The molecule has 0 bridgehead atoms. The van der Waals surface area contributed by atoms with Crippen molar-refractivity contribution in [2.45, 2.75) is 19.8 Å². The second kappa shape index (κ2) is 4.42. The molecule has 2 aromatic rings. The van der Waals surface area contributed by atoms with Gasteiger partial charge in [-0.3, -0.25) is 4.98 Å². The molecule has 0 aliphatic heterocycles. The monoisotopic (exact) mass is 229 g/mol. The van der Waals surface area contributed by atoms with Crippen LogP contribution in [0.2, 0.25) is 0 Å². The highest BCUT2D eigenvalue weighted by atomic mass is 32.1. The van der Waals surface area contributed by atoms with Crippen molar-refractivity contribution in [3.05, 3.63) is 35.0 Å². The minimum absolute atomic E-state index is 0.267. The van der Waals surface area contributed by atoms with Gasteiger partial charge in [0.25, 0.3) is 0 Å². The molecular weight excluding hydrogens is 218 g/mol. The number of hydrogen-bond acceptors (Lipinski definition) is 4. The van der Waals surface area contributed by atoms with Crippen molar-refractivity contribution in [1.29, 1.82) is 5.26 Å². The summed E-state index contributed by atoms with van der Waals surface area (Å²) in [6, 6.07) is 7.89. The molecule has 0 amide bonds. The maximum Gasteiger partial charge on any atom is 0.143 e. The lowest BCUT2D eigenvalue weighted by Gasteiger charge is -1.98. The Labute approximate surface area is 98.4 Å². The number of thiazole rings is 1. The molecule has 0 saturated carbocycles. The molecule has 80 valence electrons. The molecule has 0 N–H and O–H groups in total. The first-order valence-electron chi connectivity index (χ1n) is 5.04. The molecule has 0 radical (unpaired) electrons. The zero-order valence-electron chi connectivity index (χ0n) is 9.14. The van der Waals surface area contributed by atoms with Gasteiger partial charge in [-0.2, -0.15) is 5.26 Å². The third-order valence-corrected chi connectivity index (χ3v) is 3.18. The van der Waals surface area contributed by atoms with Crippen molar-refractivity contribution in [1.82, 2.24) is 9.97 Å². The van der Waals surface area contributed by atoms with Crippen LogP contribution in [0.3, 0.4) is 0 Å². The topological polar surface area (TPSA) is 49.6 Å². The van der Waals surface area contributed by atoms with Gasteiger partial charge < -0.3 is 0 Å². The predicted octanol–water partition coefficient (Wildman–Crippen LogP) is 3.20. The molecule has 0 saturated heterocycles. The maximum atomic E-state index is 9.03. The molecule has 2 rings (SSSR count). The summed E-state index contributed by atoms with van der Waals surface area (Å²) in [5.41, 5.74) is 1.70. The molecule has 4 heteroatoms. The zero-order chi connectivity index (χ0) is 11.5. The molecule has 0 atom stereocenters. The Morgan fingerprint density at radius 3 is 2.69 bits per heavy atom. The second-order valence-corrected chi connectivity index (χ2v) is 4.71. The van der Waals surface area contributed by atoms with Gasteiger partial charge in [-0.05, 0) is 18.1 Å². The minimum Gasteiger partial charge on any atom is -0.254 e. The van der Waals surface area contributed by atoms with E-state index < -0.39 is 0 Å². The average molecular weight is 229 g/mol. The molecule has 0 aliphatic carbocycles. The first-order valence-corrected chi connectivity index (χ1v) is 5.86. The maximum absolute atomic E-state index is 9.03. The van der Waals surface area contributed by atoms with Gasteiger partial charge in [0, 0.05) is 6.20 Å². The fourth-order valence-electron chi connectivity index (χ4n) is 1.40. The largest absolute Gasteiger partial charge is 0.254 e. The molecule has 0 unspecified atom stereocenters. The number of aromatic nitrogens is 2. The van der Waals surface area contributed by atoms with E-state index in [1.54, 1.807) is 6.20 Å². The van der Waals surface area contributed by atoms with E-state index in [2.05, 4.69) is 16.0 Å². The highest BCUT2D eigenvalue weighted by molar-refractivity contribution is 7.15. The smallest absolute Gasteiger partial charge is 0.143 e. The van der Waals surface area contributed by atoms with Crippen molar-refractivity contribution in [3.63, 3.8) is 0 Å². The molecule has 2 heterocycles. The van der Waals surface area contributed by atoms with Crippen LogP contribution in [-0.2, 0) is 0 Å². The van der Waals surface area contributed by atoms with E-state index in [4.69, 9.17) is 5.26 Å². The average Bonchev–Trinajstić information content (AvgIpc) is 2.74. The van der Waals surface area contributed by atoms with Gasteiger partial charge in [-0.1, -0.05) is 19.9 Å². The van der Waals surface area contributed by atoms with Gasteiger partial charge in [-0.15, -0.1) is 11.3 Å². The lowest BCUT2D eigenvalue weighted by atomic mass is 10.1. The molecule has 0 fully saturated rings. The predicted molar refractivity (Wildman–Crippen MR) is 64.1 cm³/mol. The van der Waals surface area contributed by atoms with Gasteiger partial charge >= 0.3 is 0 Å². The van der Waals surface area contributed by atoms with Crippen molar-refractivity contribution < 1.29 is 0 Å². The van der Waals surface area contributed by atoms with Gasteiger partial charge in [0.2, 0.25) is 0 Å². The highest BCUT2D eigenvalue weighted by Gasteiger charge is 2.15. The van der Waals surface area contributed by atoms with Crippen LogP contribution in [0.25, 0.3) is 10.7 Å². The van der Waals surface area contributed by atoms with Crippen LogP contribution in [0.1, 0.15) is 30.3 Å². The molecular formula is C12H11N3S. The fourth-order valence-corrected chi connectivity index (χ4v) is 2.40. The molecule has 3 nitrogen and oxygen atoms in total. The van der Waals surface area contributed by atoms with Crippen LogP contribution in [0, 0.1) is 11.3 Å². The van der Waals surface area contributed by atoms with Gasteiger partial charge in [0.05, 0.1) is 11.4 Å². The summed E-state index contributed by atoms with van der Waals surface area (Å²) in [6.07, 6.45) is 1.73. The second-order valence-electron chi connectivity index (χ2n) is 3.71. The molecule has 0 spiro atoms. The number of nitriles is 1. The number of hydrogen-bond donors (Lipinski definition) is 0. The van der Waals surface area contributed by atoms with Crippen LogP contribution in [0.4, 0.5) is 0 Å². The first kappa shape index (κ1) is 10.8. The number of nitrogens with zero attached hydrogens (tertiary/aromatic N) is 3. The number of rotatable bonds is 2. The van der Waals surface area contributed by atoms with Crippen molar-refractivity contribution in [2.24, 2.45) is 0 Å². The number of pyridine rings is 1. The van der Waals surface area contributed by atoms with E-state index in [1.165, 1.54) is 11.3 Å². The minimum atomic E-state index is 0.267. The summed E-state index contributed by atoms with van der Waals surface area (Å²) in [7, 11) is 0. The summed E-state index contributed by atoms with van der Waals surface area (Å²) in [6.45, 7) is 4.08. The standard InChI is InChI=1S/C12H11N3S/c1-8(2)11-10(7-13)16-12(15-11)9-5-3-4-6-14-9/h3-6,8H,1-2H3. The Hall–Kier alpha value is -1.73. The van der Waals surface area contributed by atoms with Crippen molar-refractivity contribution in [2.75, 3.05) is 0 Å². The Balaban J connectivity index is 2.49. The zero-order valence-corrected chi connectivity index (χ0v) is 9.95. The highest BCUT2D eigenvalue weighted by Crippen LogP contribution is 2.29. The lowest BCUT2D eigenvalue weighted by Crippen LogP contribution is -1.90. The van der Waals surface area contributed by atoms with E-state index in [0.717, 1.165) is 16.4 Å². The van der Waals surface area contributed by atoms with Gasteiger partial charge in [-0.25, -0.2) is 4.98 Å². The van der Waals surface area contributed by atoms with Crippen LogP contribution in [0.15, 0.2) is 24.4 Å². The van der Waals surface area contributed by atoms with E-state index in [-0.39, 0.29) is 5.92 Å². The van der Waals surface area contributed by atoms with Crippen LogP contribution < -0.4 is 0 Å². The third kappa shape index (κ3) is 1.95. The Morgan fingerprint density at radius 1 is 1.38 bits per heavy atom. The molecule has 0 aliphatic rings. The van der Waals surface area contributed by atoms with Crippen LogP contribution >= 0.6 is 11.3 Å². The van der Waals surface area contributed by atoms with Gasteiger partial charge in [0.1, 0.15) is 16.0 Å². The summed E-state index contributed by atoms with van der Waals surface area (Å²) >= 11 is 1.41. The summed E-state index contributed by atoms with van der Waals surface area (Å²) in [5, 5.41) is 9.85. The summed E-state index contributed by atoms with van der Waals surface area (Å²) in [5.74, 6) is 0.267. The Bertz CT molecular complexity index is 523. The van der Waals surface area contributed by atoms with Crippen molar-refractivity contribution in [3.8, 4) is 16.8 Å². The Morgan fingerprint density at radius 2 is 2.19 bits per heavy atom. The SMILES string of the molecule is CC(C)c1nc(-c2ccccn2)sc1C#N. The third-order valence-electron chi connectivity index (χ3n) is 2.19. The Kier molecular flexibility index (Phi) is 2.97. The van der Waals surface area contributed by atoms with E-state index >= 15 is 0 Å². The summed E-state index contributed by atoms with van der Waals surface area (Å²) < 4.78 is 0. The van der Waals surface area contributed by atoms with Gasteiger partial charge in [0.15, 0.2) is 0 Å². The lowest BCUT2D eigenvalue weighted by molar-refractivity contribution is 0.830. The fraction of sp³-hybridized carbons (Fsp3) is 0.250.